The average Bonchev–Trinajstić information content (AvgIpc) is 2.38. The van der Waals surface area contributed by atoms with E-state index in [1.807, 2.05) is 31.2 Å². The van der Waals surface area contributed by atoms with Crippen LogP contribution >= 0.6 is 0 Å². The lowest BCUT2D eigenvalue weighted by Gasteiger charge is -2.26. The number of hydrogen-bond donors (Lipinski definition) is 1. The summed E-state index contributed by atoms with van der Waals surface area (Å²) in [6.45, 7) is 5.53. The molecule has 1 aromatic rings. The van der Waals surface area contributed by atoms with Crippen LogP contribution in [0.2, 0.25) is 0 Å². The van der Waals surface area contributed by atoms with E-state index in [2.05, 4.69) is 5.32 Å². The zero-order valence-electron chi connectivity index (χ0n) is 10.1. The van der Waals surface area contributed by atoms with Crippen LogP contribution in [0.5, 0.6) is 0 Å². The van der Waals surface area contributed by atoms with Crippen LogP contribution in [-0.2, 0) is 11.3 Å². The smallest absolute Gasteiger partial charge is 0.410 e. The molecule has 1 aliphatic heterocycles. The Morgan fingerprint density at radius 2 is 2.06 bits per heavy atom. The van der Waals surface area contributed by atoms with Gasteiger partial charge in [0.05, 0.1) is 0 Å². The number of ether oxygens (including phenoxy) is 1. The standard InChI is InChI=1S/C13H18N2O2/c1-11-4-2-3-5-12(11)10-17-13(16)15-8-6-14-7-9-15/h2-5,14H,6-10H2,1H3. The van der Waals surface area contributed by atoms with E-state index < -0.39 is 0 Å². The van der Waals surface area contributed by atoms with Crippen molar-refractivity contribution in [1.29, 1.82) is 0 Å². The zero-order chi connectivity index (χ0) is 12.1. The van der Waals surface area contributed by atoms with Crippen molar-refractivity contribution in [2.75, 3.05) is 26.2 Å². The summed E-state index contributed by atoms with van der Waals surface area (Å²) in [4.78, 5) is 13.5. The summed E-state index contributed by atoms with van der Waals surface area (Å²) in [5, 5.41) is 3.20. The fraction of sp³-hybridized carbons (Fsp3) is 0.462. The van der Waals surface area contributed by atoms with E-state index in [1.54, 1.807) is 4.90 Å². The van der Waals surface area contributed by atoms with Crippen molar-refractivity contribution >= 4 is 6.09 Å². The van der Waals surface area contributed by atoms with Crippen molar-refractivity contribution in [3.8, 4) is 0 Å². The molecule has 4 nitrogen and oxygen atoms in total. The van der Waals surface area contributed by atoms with Gasteiger partial charge >= 0.3 is 6.09 Å². The molecule has 0 saturated carbocycles. The molecule has 0 aromatic heterocycles. The number of nitrogens with one attached hydrogen (secondary N) is 1. The van der Waals surface area contributed by atoms with E-state index in [0.29, 0.717) is 6.61 Å². The number of amides is 1. The molecule has 0 unspecified atom stereocenters. The van der Waals surface area contributed by atoms with Crippen molar-refractivity contribution in [3.63, 3.8) is 0 Å². The first-order chi connectivity index (χ1) is 8.27. The molecular weight excluding hydrogens is 216 g/mol. The van der Waals surface area contributed by atoms with Gasteiger partial charge in [-0.25, -0.2) is 4.79 Å². The molecule has 0 radical (unpaired) electrons. The first-order valence-electron chi connectivity index (χ1n) is 5.94. The topological polar surface area (TPSA) is 41.6 Å². The largest absolute Gasteiger partial charge is 0.445 e. The lowest BCUT2D eigenvalue weighted by Crippen LogP contribution is -2.46. The fourth-order valence-corrected chi connectivity index (χ4v) is 1.85. The summed E-state index contributed by atoms with van der Waals surface area (Å²) in [5.41, 5.74) is 2.22. The number of benzene rings is 1. The van der Waals surface area contributed by atoms with E-state index in [0.717, 1.165) is 37.3 Å². The van der Waals surface area contributed by atoms with Crippen LogP contribution in [-0.4, -0.2) is 37.2 Å². The zero-order valence-corrected chi connectivity index (χ0v) is 10.1. The van der Waals surface area contributed by atoms with E-state index in [1.165, 1.54) is 0 Å². The minimum atomic E-state index is -0.213. The molecule has 0 atom stereocenters. The first-order valence-corrected chi connectivity index (χ1v) is 5.94. The Kier molecular flexibility index (Phi) is 3.98. The average molecular weight is 234 g/mol. The minimum absolute atomic E-state index is 0.213. The van der Waals surface area contributed by atoms with Gasteiger partial charge in [0, 0.05) is 26.2 Å². The van der Waals surface area contributed by atoms with Gasteiger partial charge in [0.2, 0.25) is 0 Å². The number of carbonyl (C=O) groups is 1. The Hall–Kier alpha value is -1.55. The molecular formula is C13H18N2O2. The molecule has 0 bridgehead atoms. The second-order valence-corrected chi connectivity index (χ2v) is 4.22. The third-order valence-electron chi connectivity index (χ3n) is 2.99. The highest BCUT2D eigenvalue weighted by atomic mass is 16.6. The van der Waals surface area contributed by atoms with Crippen LogP contribution in [0.15, 0.2) is 24.3 Å². The number of hydrogen-bond acceptors (Lipinski definition) is 3. The normalized spacial score (nSPS) is 15.7. The highest BCUT2D eigenvalue weighted by Gasteiger charge is 2.17. The third kappa shape index (κ3) is 3.20. The van der Waals surface area contributed by atoms with Crippen LogP contribution < -0.4 is 5.32 Å². The van der Waals surface area contributed by atoms with E-state index >= 15 is 0 Å². The van der Waals surface area contributed by atoms with Crippen LogP contribution in [0.1, 0.15) is 11.1 Å². The second-order valence-electron chi connectivity index (χ2n) is 4.22. The van der Waals surface area contributed by atoms with Crippen molar-refractivity contribution < 1.29 is 9.53 Å². The monoisotopic (exact) mass is 234 g/mol. The number of nitrogens with zero attached hydrogens (tertiary/aromatic N) is 1. The third-order valence-corrected chi connectivity index (χ3v) is 2.99. The second kappa shape index (κ2) is 5.68. The number of rotatable bonds is 2. The molecule has 2 rings (SSSR count). The van der Waals surface area contributed by atoms with Gasteiger partial charge in [-0.3, -0.25) is 0 Å². The maximum atomic E-state index is 11.8. The van der Waals surface area contributed by atoms with E-state index in [4.69, 9.17) is 4.74 Å². The van der Waals surface area contributed by atoms with Crippen LogP contribution in [0.4, 0.5) is 4.79 Å². The van der Waals surface area contributed by atoms with Crippen molar-refractivity contribution in [3.05, 3.63) is 35.4 Å². The van der Waals surface area contributed by atoms with Crippen LogP contribution in [0.25, 0.3) is 0 Å². The molecule has 1 aliphatic rings. The van der Waals surface area contributed by atoms with Crippen LogP contribution in [0, 0.1) is 6.92 Å². The quantitative estimate of drug-likeness (QED) is 0.844. The summed E-state index contributed by atoms with van der Waals surface area (Å²) < 4.78 is 5.31. The first kappa shape index (κ1) is 11.9. The Balaban J connectivity index is 1.85. The van der Waals surface area contributed by atoms with Gasteiger partial charge in [0.25, 0.3) is 0 Å². The number of aryl methyl sites for hydroxylation is 1. The highest BCUT2D eigenvalue weighted by Crippen LogP contribution is 2.09. The molecule has 17 heavy (non-hydrogen) atoms. The summed E-state index contributed by atoms with van der Waals surface area (Å²) >= 11 is 0. The maximum Gasteiger partial charge on any atom is 0.410 e. The molecule has 1 amide bonds. The van der Waals surface area contributed by atoms with Crippen molar-refractivity contribution in [1.82, 2.24) is 10.2 Å². The van der Waals surface area contributed by atoms with Crippen molar-refractivity contribution in [2.45, 2.75) is 13.5 Å². The Morgan fingerprint density at radius 1 is 1.35 bits per heavy atom. The summed E-state index contributed by atoms with van der Waals surface area (Å²) in [5.74, 6) is 0. The summed E-state index contributed by atoms with van der Waals surface area (Å²) in [7, 11) is 0. The molecule has 0 aliphatic carbocycles. The van der Waals surface area contributed by atoms with Crippen molar-refractivity contribution in [2.24, 2.45) is 0 Å². The molecule has 1 saturated heterocycles. The van der Waals surface area contributed by atoms with E-state index in [9.17, 15) is 4.79 Å². The van der Waals surface area contributed by atoms with Gasteiger partial charge in [0.1, 0.15) is 6.61 Å². The molecule has 1 N–H and O–H groups in total. The lowest BCUT2D eigenvalue weighted by atomic mass is 10.1. The molecule has 1 aromatic carbocycles. The summed E-state index contributed by atoms with van der Waals surface area (Å²) in [6, 6.07) is 7.95. The predicted octanol–water partition coefficient (Wildman–Crippen LogP) is 1.54. The van der Waals surface area contributed by atoms with Gasteiger partial charge in [0.15, 0.2) is 0 Å². The van der Waals surface area contributed by atoms with Gasteiger partial charge in [-0.15, -0.1) is 0 Å². The molecule has 4 heteroatoms. The van der Waals surface area contributed by atoms with Gasteiger partial charge in [-0.1, -0.05) is 24.3 Å². The Bertz CT molecular complexity index is 387. The minimum Gasteiger partial charge on any atom is -0.445 e. The van der Waals surface area contributed by atoms with Gasteiger partial charge in [-0.2, -0.15) is 0 Å². The Morgan fingerprint density at radius 3 is 2.76 bits per heavy atom. The van der Waals surface area contributed by atoms with E-state index in [-0.39, 0.29) is 6.09 Å². The van der Waals surface area contributed by atoms with Gasteiger partial charge in [-0.05, 0) is 18.1 Å². The lowest BCUT2D eigenvalue weighted by molar-refractivity contribution is 0.0917. The molecule has 1 fully saturated rings. The summed E-state index contributed by atoms with van der Waals surface area (Å²) in [6.07, 6.45) is -0.213. The molecule has 0 spiro atoms. The van der Waals surface area contributed by atoms with Gasteiger partial charge < -0.3 is 15.0 Å². The maximum absolute atomic E-state index is 11.8. The Labute approximate surface area is 102 Å². The van der Waals surface area contributed by atoms with Crippen LogP contribution in [0.3, 0.4) is 0 Å². The number of carbonyl (C=O) groups excluding carboxylic acids is 1. The number of piperazine rings is 1. The molecule has 1 heterocycles. The SMILES string of the molecule is Cc1ccccc1COC(=O)N1CCNCC1. The molecule has 92 valence electrons. The fourth-order valence-electron chi connectivity index (χ4n) is 1.85. The highest BCUT2D eigenvalue weighted by molar-refractivity contribution is 5.67. The predicted molar refractivity (Wildman–Crippen MR) is 65.8 cm³/mol.